The quantitative estimate of drug-likeness (QED) is 0.785. The maximum atomic E-state index is 12.4. The van der Waals surface area contributed by atoms with Gasteiger partial charge in [0.05, 0.1) is 18.5 Å². The lowest BCUT2D eigenvalue weighted by atomic mass is 9.44. The first-order valence-corrected chi connectivity index (χ1v) is 11.1. The molecule has 4 aliphatic heterocycles. The maximum Gasteiger partial charge on any atom is 0.207 e. The van der Waals surface area contributed by atoms with Gasteiger partial charge in [-0.25, -0.2) is 0 Å². The molecule has 0 aromatic carbocycles. The molecule has 6 rings (SSSR count). The third kappa shape index (κ3) is 1.29. The van der Waals surface area contributed by atoms with E-state index >= 15 is 0 Å². The van der Waals surface area contributed by atoms with Crippen LogP contribution in [0.3, 0.4) is 0 Å². The highest BCUT2D eigenvalue weighted by atomic mass is 16.4. The Kier molecular flexibility index (Phi) is 2.74. The molecule has 1 unspecified atom stereocenters. The van der Waals surface area contributed by atoms with Gasteiger partial charge in [0.15, 0.2) is 0 Å². The average molecular weight is 360 g/mol. The highest BCUT2D eigenvalue weighted by molar-refractivity contribution is 5.64. The fraction of sp³-hybridized carbons (Fsp3) is 0.955. The number of quaternary nitrogens is 1. The molecule has 0 amide bonds. The summed E-state index contributed by atoms with van der Waals surface area (Å²) < 4.78 is 0.943. The maximum absolute atomic E-state index is 12.4. The highest BCUT2D eigenvalue weighted by Gasteiger charge is 2.92. The van der Waals surface area contributed by atoms with Gasteiger partial charge < -0.3 is 15.0 Å². The SMILES string of the molecule is C[C@@H]1C[N+]23C[C@@]45CCC[C@H]4[C@@]4(CCC(=O)[O-])[C@@H]2[C@@H]1CC[C@@]4(C)[C@@]3(O)CC5. The number of rotatable bonds is 3. The molecule has 2 aliphatic carbocycles. The molecule has 0 aromatic heterocycles. The Morgan fingerprint density at radius 3 is 2.81 bits per heavy atom. The molecule has 144 valence electrons. The fourth-order valence-corrected chi connectivity index (χ4v) is 11.0. The number of carbonyl (C=O) groups excluding carboxylic acids is 1. The molecule has 26 heavy (non-hydrogen) atoms. The Hall–Kier alpha value is -0.610. The van der Waals surface area contributed by atoms with Crippen LogP contribution in [-0.2, 0) is 4.79 Å². The Morgan fingerprint density at radius 2 is 2.04 bits per heavy atom. The van der Waals surface area contributed by atoms with Crippen molar-refractivity contribution in [3.63, 3.8) is 0 Å². The van der Waals surface area contributed by atoms with Gasteiger partial charge in [0.25, 0.3) is 0 Å². The second kappa shape index (κ2) is 4.35. The molecule has 4 saturated heterocycles. The van der Waals surface area contributed by atoms with Crippen molar-refractivity contribution in [1.82, 2.24) is 0 Å². The number of hydrogen-bond acceptors (Lipinski definition) is 3. The summed E-state index contributed by atoms with van der Waals surface area (Å²) in [6.07, 6.45) is 9.24. The number of fused-ring (bicyclic) bond motifs is 1. The Balaban J connectivity index is 1.65. The van der Waals surface area contributed by atoms with E-state index in [2.05, 4.69) is 13.8 Å². The minimum atomic E-state index is -0.896. The summed E-state index contributed by atoms with van der Waals surface area (Å²) in [6.45, 7) is 7.09. The lowest BCUT2D eigenvalue weighted by Crippen LogP contribution is -2.73. The molecule has 9 atom stereocenters. The topological polar surface area (TPSA) is 60.4 Å². The van der Waals surface area contributed by atoms with Gasteiger partial charge in [-0.3, -0.25) is 4.48 Å². The highest BCUT2D eigenvalue weighted by Crippen LogP contribution is 2.85. The van der Waals surface area contributed by atoms with Crippen molar-refractivity contribution in [3.8, 4) is 0 Å². The summed E-state index contributed by atoms with van der Waals surface area (Å²) in [5.41, 5.74) is -0.359. The second-order valence-corrected chi connectivity index (χ2v) is 11.4. The molecular weight excluding hydrogens is 326 g/mol. The summed E-state index contributed by atoms with van der Waals surface area (Å²) in [5, 5.41) is 24.0. The van der Waals surface area contributed by atoms with Gasteiger partial charge >= 0.3 is 0 Å². The summed E-state index contributed by atoms with van der Waals surface area (Å²) in [7, 11) is 0. The number of nitrogens with zero attached hydrogens (tertiary/aromatic N) is 1. The van der Waals surface area contributed by atoms with E-state index < -0.39 is 11.7 Å². The number of hydrogen-bond donors (Lipinski definition) is 1. The van der Waals surface area contributed by atoms with Crippen molar-refractivity contribution in [2.75, 3.05) is 13.1 Å². The van der Waals surface area contributed by atoms with Crippen LogP contribution in [-0.4, -0.2) is 40.4 Å². The molecule has 6 fully saturated rings. The molecule has 2 saturated carbocycles. The van der Waals surface area contributed by atoms with E-state index in [1.807, 2.05) is 0 Å². The zero-order chi connectivity index (χ0) is 18.2. The Bertz CT molecular complexity index is 710. The van der Waals surface area contributed by atoms with E-state index in [1.165, 1.54) is 38.6 Å². The van der Waals surface area contributed by atoms with Crippen LogP contribution in [0.5, 0.6) is 0 Å². The smallest absolute Gasteiger partial charge is 0.207 e. The summed E-state index contributed by atoms with van der Waals surface area (Å²) in [4.78, 5) is 11.5. The molecule has 1 N–H and O–H groups in total. The third-order valence-corrected chi connectivity index (χ3v) is 11.3. The van der Waals surface area contributed by atoms with Gasteiger partial charge in [0, 0.05) is 35.1 Å². The van der Waals surface area contributed by atoms with Gasteiger partial charge in [-0.2, -0.15) is 0 Å². The van der Waals surface area contributed by atoms with Crippen molar-refractivity contribution < 1.29 is 19.5 Å². The first-order chi connectivity index (χ1) is 12.3. The largest absolute Gasteiger partial charge is 0.550 e. The van der Waals surface area contributed by atoms with Crippen LogP contribution in [0, 0.1) is 34.0 Å². The van der Waals surface area contributed by atoms with E-state index in [4.69, 9.17) is 0 Å². The molecule has 0 radical (unpaired) electrons. The molecule has 2 spiro atoms. The standard InChI is InChI=1S/C22H33NO3/c1-14-12-23-13-20-7-3-4-16(20)21(9-6-17(24)25)18(23)15(14)5-8-19(21,2)22(23,26)11-10-20/h14-16,18,26H,3-13H2,1-2H3/t14-,15-,16-,18+,19-,20+,21+,22+,23?/m1/s1. The predicted octanol–water partition coefficient (Wildman–Crippen LogP) is 2.05. The predicted molar refractivity (Wildman–Crippen MR) is 94.4 cm³/mol. The normalized spacial score (nSPS) is 64.0. The zero-order valence-electron chi connectivity index (χ0n) is 16.3. The van der Waals surface area contributed by atoms with Gasteiger partial charge in [0.1, 0.15) is 6.04 Å². The van der Waals surface area contributed by atoms with Gasteiger partial charge in [-0.1, -0.05) is 20.3 Å². The lowest BCUT2D eigenvalue weighted by molar-refractivity contribution is -1.02. The van der Waals surface area contributed by atoms with E-state index in [1.54, 1.807) is 0 Å². The van der Waals surface area contributed by atoms with Crippen LogP contribution in [0.1, 0.15) is 71.6 Å². The Labute approximate surface area is 156 Å². The fourth-order valence-electron chi connectivity index (χ4n) is 11.0. The van der Waals surface area contributed by atoms with Crippen molar-refractivity contribution in [2.24, 2.45) is 34.0 Å². The second-order valence-electron chi connectivity index (χ2n) is 11.4. The first kappa shape index (κ1) is 16.4. The number of piperidine rings is 2. The lowest BCUT2D eigenvalue weighted by Gasteiger charge is -2.62. The molecular formula is C22H33NO3. The van der Waals surface area contributed by atoms with E-state index in [0.29, 0.717) is 29.2 Å². The molecule has 5 bridgehead atoms. The molecule has 6 aliphatic rings. The minimum Gasteiger partial charge on any atom is -0.550 e. The van der Waals surface area contributed by atoms with E-state index in [9.17, 15) is 15.0 Å². The number of carbonyl (C=O) groups is 1. The number of carboxylic acids is 1. The van der Waals surface area contributed by atoms with E-state index in [0.717, 1.165) is 30.3 Å². The van der Waals surface area contributed by atoms with Crippen molar-refractivity contribution >= 4 is 5.97 Å². The van der Waals surface area contributed by atoms with Crippen LogP contribution in [0.4, 0.5) is 0 Å². The third-order valence-electron chi connectivity index (χ3n) is 11.3. The summed E-state index contributed by atoms with van der Waals surface area (Å²) in [5.74, 6) is 1.07. The van der Waals surface area contributed by atoms with Crippen LogP contribution >= 0.6 is 0 Å². The van der Waals surface area contributed by atoms with Crippen molar-refractivity contribution in [1.29, 1.82) is 0 Å². The molecule has 4 nitrogen and oxygen atoms in total. The first-order valence-electron chi connectivity index (χ1n) is 11.1. The molecule has 0 aromatic rings. The van der Waals surface area contributed by atoms with Crippen molar-refractivity contribution in [3.05, 3.63) is 0 Å². The Morgan fingerprint density at radius 1 is 1.23 bits per heavy atom. The van der Waals surface area contributed by atoms with Gasteiger partial charge in [0.2, 0.25) is 5.72 Å². The molecule has 4 heterocycles. The number of aliphatic hydroxyl groups is 1. The van der Waals surface area contributed by atoms with Crippen molar-refractivity contribution in [2.45, 2.75) is 83.4 Å². The monoisotopic (exact) mass is 359 g/mol. The zero-order valence-corrected chi connectivity index (χ0v) is 16.3. The summed E-state index contributed by atoms with van der Waals surface area (Å²) in [6, 6.07) is 0.497. The number of carboxylic acid groups (broad SMARTS) is 1. The minimum absolute atomic E-state index is 0.0146. The van der Waals surface area contributed by atoms with Gasteiger partial charge in [-0.15, -0.1) is 0 Å². The molecule has 4 heteroatoms. The van der Waals surface area contributed by atoms with E-state index in [-0.39, 0.29) is 17.3 Å². The van der Waals surface area contributed by atoms with Crippen LogP contribution in [0.15, 0.2) is 0 Å². The van der Waals surface area contributed by atoms with Crippen LogP contribution in [0.2, 0.25) is 0 Å². The number of aliphatic carboxylic acids is 1. The average Bonchev–Trinajstić information content (AvgIpc) is 3.12. The van der Waals surface area contributed by atoms with Crippen LogP contribution < -0.4 is 5.11 Å². The van der Waals surface area contributed by atoms with Crippen LogP contribution in [0.25, 0.3) is 0 Å². The summed E-state index contributed by atoms with van der Waals surface area (Å²) >= 11 is 0. The van der Waals surface area contributed by atoms with Gasteiger partial charge in [-0.05, 0) is 50.9 Å².